The average molecular weight is 513 g/mol. The smallest absolute Gasteiger partial charge is 0.434 e. The average Bonchev–Trinajstić information content (AvgIpc) is 3.33. The van der Waals surface area contributed by atoms with Crippen LogP contribution in [0.25, 0.3) is 11.4 Å². The van der Waals surface area contributed by atoms with Crippen LogP contribution in [0.2, 0.25) is 0 Å². The Labute approximate surface area is 213 Å². The van der Waals surface area contributed by atoms with Gasteiger partial charge < -0.3 is 23.5 Å². The molecule has 3 rings (SSSR count). The normalized spacial score (nSPS) is 11.9. The number of benzene rings is 2. The first-order valence-corrected chi connectivity index (χ1v) is 12.3. The Balaban J connectivity index is 2.05. The highest BCUT2D eigenvalue weighted by Gasteiger charge is 2.17. The number of methoxy groups -OCH3 is 2. The number of nitrogens with zero attached hydrogens (tertiary/aromatic N) is 4. The van der Waals surface area contributed by atoms with Gasteiger partial charge in [0.15, 0.2) is 11.5 Å². The SMILES string of the molecule is CCOc1cc(C(=N\c2ccc(-c3noc(C)n3)cc2)/C(=N/C(=O)OC)SC)ccc1OCCOC. The molecule has 0 radical (unpaired) electrons. The van der Waals surface area contributed by atoms with Crippen molar-refractivity contribution in [2.75, 3.05) is 40.3 Å². The topological polar surface area (TPSA) is 118 Å². The van der Waals surface area contributed by atoms with Crippen molar-refractivity contribution in [1.29, 1.82) is 0 Å². The maximum atomic E-state index is 12.0. The van der Waals surface area contributed by atoms with Gasteiger partial charge in [-0.25, -0.2) is 9.79 Å². The summed E-state index contributed by atoms with van der Waals surface area (Å²) in [6.07, 6.45) is 1.09. The number of carbonyl (C=O) groups is 1. The summed E-state index contributed by atoms with van der Waals surface area (Å²) in [5.74, 6) is 2.09. The molecule has 0 atom stereocenters. The van der Waals surface area contributed by atoms with Gasteiger partial charge in [-0.2, -0.15) is 9.98 Å². The molecule has 0 aliphatic heterocycles. The first-order chi connectivity index (χ1) is 17.5. The molecule has 0 saturated carbocycles. The summed E-state index contributed by atoms with van der Waals surface area (Å²) < 4.78 is 26.5. The number of thioether (sulfide) groups is 1. The molecule has 36 heavy (non-hydrogen) atoms. The lowest BCUT2D eigenvalue weighted by molar-refractivity contribution is 0.143. The minimum absolute atomic E-state index is 0.378. The first-order valence-electron chi connectivity index (χ1n) is 11.1. The number of aliphatic imine (C=N–C) groups is 2. The van der Waals surface area contributed by atoms with E-state index in [2.05, 4.69) is 15.1 Å². The van der Waals surface area contributed by atoms with Crippen molar-refractivity contribution in [1.82, 2.24) is 10.1 Å². The predicted octanol–water partition coefficient (Wildman–Crippen LogP) is 5.12. The van der Waals surface area contributed by atoms with Gasteiger partial charge in [0.2, 0.25) is 11.7 Å². The van der Waals surface area contributed by atoms with Crippen LogP contribution in [0.3, 0.4) is 0 Å². The van der Waals surface area contributed by atoms with E-state index in [1.807, 2.05) is 49.6 Å². The zero-order chi connectivity index (χ0) is 25.9. The van der Waals surface area contributed by atoms with Gasteiger partial charge in [-0.05, 0) is 55.6 Å². The Hall–Kier alpha value is -3.70. The van der Waals surface area contributed by atoms with Gasteiger partial charge in [0.1, 0.15) is 17.4 Å². The number of rotatable bonds is 10. The fourth-order valence-electron chi connectivity index (χ4n) is 3.07. The lowest BCUT2D eigenvalue weighted by Crippen LogP contribution is -2.15. The molecule has 0 aliphatic carbocycles. The van der Waals surface area contributed by atoms with Crippen molar-refractivity contribution >= 4 is 34.3 Å². The second-order valence-corrected chi connectivity index (χ2v) is 7.97. The number of hydrogen-bond acceptors (Lipinski definition) is 10. The summed E-state index contributed by atoms with van der Waals surface area (Å²) in [5.41, 5.74) is 2.59. The highest BCUT2D eigenvalue weighted by atomic mass is 32.2. The van der Waals surface area contributed by atoms with Crippen molar-refractivity contribution in [2.45, 2.75) is 13.8 Å². The summed E-state index contributed by atoms with van der Waals surface area (Å²) in [4.78, 5) is 25.1. The first kappa shape index (κ1) is 26.9. The van der Waals surface area contributed by atoms with E-state index in [1.165, 1.54) is 18.9 Å². The second kappa shape index (κ2) is 13.4. The third kappa shape index (κ3) is 7.15. The van der Waals surface area contributed by atoms with Crippen LogP contribution in [0.1, 0.15) is 18.4 Å². The molecule has 3 aromatic rings. The van der Waals surface area contributed by atoms with Gasteiger partial charge in [0, 0.05) is 25.2 Å². The van der Waals surface area contributed by atoms with E-state index in [1.54, 1.807) is 20.1 Å². The second-order valence-electron chi connectivity index (χ2n) is 7.17. The van der Waals surface area contributed by atoms with Crippen LogP contribution in [-0.2, 0) is 9.47 Å². The monoisotopic (exact) mass is 512 g/mol. The summed E-state index contributed by atoms with van der Waals surface area (Å²) in [6, 6.07) is 12.8. The molecule has 1 amide bonds. The number of ether oxygens (including phenoxy) is 4. The number of aromatic nitrogens is 2. The molecule has 11 heteroatoms. The molecule has 0 N–H and O–H groups in total. The highest BCUT2D eigenvalue weighted by Crippen LogP contribution is 2.30. The van der Waals surface area contributed by atoms with Crippen LogP contribution in [0.15, 0.2) is 57.0 Å². The molecule has 10 nitrogen and oxygen atoms in total. The lowest BCUT2D eigenvalue weighted by atomic mass is 10.1. The molecule has 0 spiro atoms. The van der Waals surface area contributed by atoms with Gasteiger partial charge >= 0.3 is 6.09 Å². The van der Waals surface area contributed by atoms with Crippen LogP contribution >= 0.6 is 11.8 Å². The Kier molecular flexibility index (Phi) is 10.0. The standard InChI is InChI=1S/C25H28N4O6S/c1-6-33-21-15-18(9-12-20(21)34-14-13-31-3)22(24(36-5)28-25(30)32-4)27-19-10-7-17(8-11-19)23-26-16(2)35-29-23/h7-12,15H,6,13-14H2,1-5H3/b27-22+,28-24-. The molecule has 1 heterocycles. The van der Waals surface area contributed by atoms with Crippen LogP contribution in [-0.4, -0.2) is 67.3 Å². The van der Waals surface area contributed by atoms with Crippen LogP contribution in [0.4, 0.5) is 10.5 Å². The third-order valence-corrected chi connectivity index (χ3v) is 5.39. The van der Waals surface area contributed by atoms with Gasteiger partial charge in [-0.15, -0.1) is 11.8 Å². The molecule has 0 aliphatic rings. The van der Waals surface area contributed by atoms with Crippen molar-refractivity contribution in [3.05, 3.63) is 53.9 Å². The molecule has 190 valence electrons. The minimum atomic E-state index is -0.723. The molecule has 0 fully saturated rings. The van der Waals surface area contributed by atoms with Crippen LogP contribution < -0.4 is 9.47 Å². The van der Waals surface area contributed by atoms with E-state index in [0.717, 1.165) is 5.56 Å². The fourth-order valence-corrected chi connectivity index (χ4v) is 3.59. The zero-order valence-electron chi connectivity index (χ0n) is 20.8. The highest BCUT2D eigenvalue weighted by molar-refractivity contribution is 8.15. The van der Waals surface area contributed by atoms with E-state index in [9.17, 15) is 4.79 Å². The minimum Gasteiger partial charge on any atom is -0.490 e. The zero-order valence-corrected chi connectivity index (χ0v) is 21.6. The summed E-state index contributed by atoms with van der Waals surface area (Å²) in [6.45, 7) is 4.89. The molecular weight excluding hydrogens is 484 g/mol. The Morgan fingerprint density at radius 2 is 1.83 bits per heavy atom. The van der Waals surface area contributed by atoms with Crippen LogP contribution in [0.5, 0.6) is 11.5 Å². The molecule has 2 aromatic carbocycles. The van der Waals surface area contributed by atoms with E-state index in [4.69, 9.17) is 28.5 Å². The third-order valence-electron chi connectivity index (χ3n) is 4.72. The molecule has 0 saturated heterocycles. The van der Waals surface area contributed by atoms with Crippen molar-refractivity contribution in [2.24, 2.45) is 9.98 Å². The Morgan fingerprint density at radius 1 is 1.06 bits per heavy atom. The Morgan fingerprint density at radius 3 is 2.44 bits per heavy atom. The van der Waals surface area contributed by atoms with Crippen molar-refractivity contribution < 1.29 is 28.3 Å². The largest absolute Gasteiger partial charge is 0.490 e. The Bertz CT molecular complexity index is 1220. The maximum absolute atomic E-state index is 12.0. The number of aryl methyl sites for hydroxylation is 1. The quantitative estimate of drug-likeness (QED) is 0.207. The summed E-state index contributed by atoms with van der Waals surface area (Å²) in [7, 11) is 2.89. The molecule has 0 unspecified atom stereocenters. The summed E-state index contributed by atoms with van der Waals surface area (Å²) in [5, 5.41) is 4.32. The van der Waals surface area contributed by atoms with Gasteiger partial charge in [0.05, 0.1) is 26.0 Å². The van der Waals surface area contributed by atoms with E-state index >= 15 is 0 Å². The lowest BCUT2D eigenvalue weighted by Gasteiger charge is -2.15. The summed E-state index contributed by atoms with van der Waals surface area (Å²) >= 11 is 1.28. The van der Waals surface area contributed by atoms with E-state index in [-0.39, 0.29) is 0 Å². The van der Waals surface area contributed by atoms with Crippen molar-refractivity contribution in [3.8, 4) is 22.9 Å². The number of carbonyl (C=O) groups excluding carboxylic acids is 1. The molecule has 1 aromatic heterocycles. The van der Waals surface area contributed by atoms with E-state index in [0.29, 0.717) is 65.0 Å². The van der Waals surface area contributed by atoms with E-state index < -0.39 is 6.09 Å². The number of amides is 1. The fraction of sp³-hybridized carbons (Fsp3) is 0.320. The molecular formula is C25H28N4O6S. The predicted molar refractivity (Wildman–Crippen MR) is 139 cm³/mol. The van der Waals surface area contributed by atoms with Gasteiger partial charge in [0.25, 0.3) is 0 Å². The van der Waals surface area contributed by atoms with Gasteiger partial charge in [-0.3, -0.25) is 0 Å². The maximum Gasteiger partial charge on any atom is 0.434 e. The van der Waals surface area contributed by atoms with Gasteiger partial charge in [-0.1, -0.05) is 5.16 Å². The van der Waals surface area contributed by atoms with Crippen molar-refractivity contribution in [3.63, 3.8) is 0 Å². The number of hydrogen-bond donors (Lipinski definition) is 0. The molecule has 0 bridgehead atoms. The van der Waals surface area contributed by atoms with Crippen LogP contribution in [0, 0.1) is 6.92 Å².